The number of ether oxygens (including phenoxy) is 2. The first-order valence-electron chi connectivity index (χ1n) is 6.17. The van der Waals surface area contributed by atoms with E-state index in [1.165, 1.54) is 0 Å². The first-order chi connectivity index (χ1) is 7.27. The summed E-state index contributed by atoms with van der Waals surface area (Å²) < 4.78 is 10.8. The molecule has 0 aliphatic rings. The maximum atomic E-state index is 5.60. The third-order valence-corrected chi connectivity index (χ3v) is 2.17. The molecule has 0 rings (SSSR count). The van der Waals surface area contributed by atoms with Gasteiger partial charge in [-0.1, -0.05) is 13.8 Å². The van der Waals surface area contributed by atoms with Gasteiger partial charge in [0.2, 0.25) is 0 Å². The maximum Gasteiger partial charge on any atom is 0.0700 e. The van der Waals surface area contributed by atoms with Gasteiger partial charge in [-0.15, -0.1) is 0 Å². The molecular formula is C13H29NO2. The highest BCUT2D eigenvalue weighted by Crippen LogP contribution is 2.15. The number of rotatable bonds is 8. The van der Waals surface area contributed by atoms with Crippen LogP contribution in [0.3, 0.4) is 0 Å². The highest BCUT2D eigenvalue weighted by atomic mass is 16.5. The van der Waals surface area contributed by atoms with Crippen molar-refractivity contribution >= 4 is 0 Å². The summed E-state index contributed by atoms with van der Waals surface area (Å²) in [5.74, 6) is 0. The molecule has 0 atom stereocenters. The molecular weight excluding hydrogens is 202 g/mol. The third-order valence-electron chi connectivity index (χ3n) is 2.17. The zero-order chi connectivity index (χ0) is 12.7. The van der Waals surface area contributed by atoms with E-state index in [-0.39, 0.29) is 11.0 Å². The van der Waals surface area contributed by atoms with Crippen LogP contribution >= 0.6 is 0 Å². The molecule has 0 amide bonds. The number of hydrogen-bond donors (Lipinski definition) is 1. The zero-order valence-electron chi connectivity index (χ0n) is 11.9. The van der Waals surface area contributed by atoms with Gasteiger partial charge in [-0.2, -0.15) is 0 Å². The van der Waals surface area contributed by atoms with Gasteiger partial charge >= 0.3 is 0 Å². The van der Waals surface area contributed by atoms with Crippen LogP contribution in [0.25, 0.3) is 0 Å². The van der Waals surface area contributed by atoms with Crippen LogP contribution in [0.2, 0.25) is 0 Å². The summed E-state index contributed by atoms with van der Waals surface area (Å²) in [4.78, 5) is 0. The fourth-order valence-corrected chi connectivity index (χ4v) is 1.17. The second-order valence-corrected chi connectivity index (χ2v) is 6.02. The van der Waals surface area contributed by atoms with Crippen molar-refractivity contribution in [1.29, 1.82) is 0 Å². The molecule has 0 aromatic carbocycles. The predicted molar refractivity (Wildman–Crippen MR) is 68.8 cm³/mol. The van der Waals surface area contributed by atoms with Crippen molar-refractivity contribution in [2.24, 2.45) is 5.41 Å². The topological polar surface area (TPSA) is 30.5 Å². The molecule has 3 heteroatoms. The van der Waals surface area contributed by atoms with Crippen molar-refractivity contribution in [3.05, 3.63) is 0 Å². The molecule has 0 aromatic rings. The minimum Gasteiger partial charge on any atom is -0.379 e. The monoisotopic (exact) mass is 231 g/mol. The van der Waals surface area contributed by atoms with Crippen LogP contribution in [0.5, 0.6) is 0 Å². The van der Waals surface area contributed by atoms with Gasteiger partial charge < -0.3 is 14.8 Å². The third kappa shape index (κ3) is 10.4. The van der Waals surface area contributed by atoms with Gasteiger partial charge in [0.1, 0.15) is 0 Å². The molecule has 98 valence electrons. The van der Waals surface area contributed by atoms with Crippen LogP contribution in [-0.4, -0.2) is 38.5 Å². The Morgan fingerprint density at radius 3 is 2.00 bits per heavy atom. The summed E-state index contributed by atoms with van der Waals surface area (Å²) >= 11 is 0. The second-order valence-electron chi connectivity index (χ2n) is 6.02. The van der Waals surface area contributed by atoms with Crippen molar-refractivity contribution in [2.45, 2.75) is 47.1 Å². The average Bonchev–Trinajstić information content (AvgIpc) is 2.14. The zero-order valence-corrected chi connectivity index (χ0v) is 11.9. The molecule has 1 N–H and O–H groups in total. The van der Waals surface area contributed by atoms with E-state index in [2.05, 4.69) is 39.9 Å². The highest BCUT2D eigenvalue weighted by Gasteiger charge is 2.20. The Hall–Kier alpha value is -0.120. The van der Waals surface area contributed by atoms with Crippen molar-refractivity contribution in [3.63, 3.8) is 0 Å². The summed E-state index contributed by atoms with van der Waals surface area (Å²) in [6, 6.07) is 0. The normalized spacial score (nSPS) is 13.1. The predicted octanol–water partition coefficient (Wildman–Crippen LogP) is 2.45. The van der Waals surface area contributed by atoms with Crippen LogP contribution in [0, 0.1) is 5.41 Å². The largest absolute Gasteiger partial charge is 0.379 e. The number of hydrogen-bond acceptors (Lipinski definition) is 3. The van der Waals surface area contributed by atoms with E-state index in [1.54, 1.807) is 0 Å². The molecule has 16 heavy (non-hydrogen) atoms. The van der Waals surface area contributed by atoms with Crippen LogP contribution in [0.4, 0.5) is 0 Å². The van der Waals surface area contributed by atoms with Crippen LogP contribution in [0.15, 0.2) is 0 Å². The van der Waals surface area contributed by atoms with E-state index in [0.29, 0.717) is 13.2 Å². The van der Waals surface area contributed by atoms with Gasteiger partial charge in [-0.25, -0.2) is 0 Å². The van der Waals surface area contributed by atoms with E-state index in [1.807, 2.05) is 6.92 Å². The summed E-state index contributed by atoms with van der Waals surface area (Å²) in [6.45, 7) is 16.8. The molecule has 0 fully saturated rings. The number of nitrogens with one attached hydrogen (secondary N) is 1. The molecule has 0 unspecified atom stereocenters. The van der Waals surface area contributed by atoms with Gasteiger partial charge in [0.15, 0.2) is 0 Å². The molecule has 0 heterocycles. The lowest BCUT2D eigenvalue weighted by Crippen LogP contribution is -2.43. The van der Waals surface area contributed by atoms with Crippen molar-refractivity contribution in [3.8, 4) is 0 Å². The van der Waals surface area contributed by atoms with Gasteiger partial charge in [0.25, 0.3) is 0 Å². The van der Waals surface area contributed by atoms with E-state index >= 15 is 0 Å². The van der Waals surface area contributed by atoms with Crippen LogP contribution < -0.4 is 5.32 Å². The van der Waals surface area contributed by atoms with Crippen molar-refractivity contribution in [1.82, 2.24) is 5.32 Å². The standard InChI is InChI=1S/C13H29NO2/c1-7-15-8-9-16-11-13(5,6)10-14-12(2,3)4/h14H,7-11H2,1-6H3. The molecule has 0 saturated carbocycles. The summed E-state index contributed by atoms with van der Waals surface area (Å²) in [5.41, 5.74) is 0.335. The van der Waals surface area contributed by atoms with E-state index in [4.69, 9.17) is 9.47 Å². The van der Waals surface area contributed by atoms with Crippen molar-refractivity contribution in [2.75, 3.05) is 33.0 Å². The lowest BCUT2D eigenvalue weighted by molar-refractivity contribution is 0.0164. The lowest BCUT2D eigenvalue weighted by atomic mass is 9.93. The summed E-state index contributed by atoms with van der Waals surface area (Å²) in [6.07, 6.45) is 0. The average molecular weight is 231 g/mol. The van der Waals surface area contributed by atoms with Gasteiger partial charge in [0.05, 0.1) is 19.8 Å². The fourth-order valence-electron chi connectivity index (χ4n) is 1.17. The Bertz CT molecular complexity index is 173. The second kappa shape index (κ2) is 7.25. The fraction of sp³-hybridized carbons (Fsp3) is 1.00. The Balaban J connectivity index is 3.62. The summed E-state index contributed by atoms with van der Waals surface area (Å²) in [5, 5.41) is 3.50. The molecule has 0 saturated heterocycles. The van der Waals surface area contributed by atoms with Gasteiger partial charge in [-0.3, -0.25) is 0 Å². The van der Waals surface area contributed by atoms with Gasteiger partial charge in [-0.05, 0) is 27.7 Å². The minimum absolute atomic E-state index is 0.166. The molecule has 3 nitrogen and oxygen atoms in total. The van der Waals surface area contributed by atoms with Crippen LogP contribution in [0.1, 0.15) is 41.5 Å². The molecule has 0 spiro atoms. The minimum atomic E-state index is 0.166. The Morgan fingerprint density at radius 1 is 0.938 bits per heavy atom. The van der Waals surface area contributed by atoms with Crippen LogP contribution in [-0.2, 0) is 9.47 Å². The SMILES string of the molecule is CCOCCOCC(C)(C)CNC(C)(C)C. The Labute approximate surface area is 101 Å². The van der Waals surface area contributed by atoms with E-state index < -0.39 is 0 Å². The first-order valence-corrected chi connectivity index (χ1v) is 6.17. The van der Waals surface area contributed by atoms with Crippen molar-refractivity contribution < 1.29 is 9.47 Å². The van der Waals surface area contributed by atoms with Gasteiger partial charge in [0, 0.05) is 24.1 Å². The smallest absolute Gasteiger partial charge is 0.0700 e. The van der Waals surface area contributed by atoms with E-state index in [9.17, 15) is 0 Å². The maximum absolute atomic E-state index is 5.60. The molecule has 0 radical (unpaired) electrons. The molecule has 0 aliphatic carbocycles. The lowest BCUT2D eigenvalue weighted by Gasteiger charge is -2.30. The van der Waals surface area contributed by atoms with E-state index in [0.717, 1.165) is 19.8 Å². The molecule has 0 aromatic heterocycles. The summed E-state index contributed by atoms with van der Waals surface area (Å²) in [7, 11) is 0. The highest BCUT2D eigenvalue weighted by molar-refractivity contribution is 4.77. The Kier molecular flexibility index (Phi) is 7.20. The Morgan fingerprint density at radius 2 is 1.50 bits per heavy atom. The quantitative estimate of drug-likeness (QED) is 0.651. The molecule has 0 aliphatic heterocycles. The first kappa shape index (κ1) is 15.9. The molecule has 0 bridgehead atoms.